The van der Waals surface area contributed by atoms with Gasteiger partial charge in [0.25, 0.3) is 0 Å². The molecule has 0 radical (unpaired) electrons. The molecule has 4 heteroatoms. The Morgan fingerprint density at radius 1 is 0.833 bits per heavy atom. The van der Waals surface area contributed by atoms with E-state index in [1.807, 2.05) is 0 Å². The normalized spacial score (nSPS) is 8.67. The van der Waals surface area contributed by atoms with Gasteiger partial charge in [-0.2, -0.15) is 0 Å². The summed E-state index contributed by atoms with van der Waals surface area (Å²) in [5, 5.41) is 0. The molecule has 0 aliphatic rings. The molecule has 0 rings (SSSR count). The third kappa shape index (κ3) is 22.5. The van der Waals surface area contributed by atoms with Gasteiger partial charge in [0.1, 0.15) is 0 Å². The molecule has 0 amide bonds. The quantitative estimate of drug-likeness (QED) is 0.526. The molecule has 0 atom stereocenters. The second-order valence-corrected chi connectivity index (χ2v) is 3.31. The van der Waals surface area contributed by atoms with Crippen LogP contribution in [0.3, 0.4) is 0 Å². The number of hydrogen-bond donors (Lipinski definition) is 0. The van der Waals surface area contributed by atoms with Crippen LogP contribution in [-0.4, -0.2) is 13.2 Å². The van der Waals surface area contributed by atoms with Gasteiger partial charge in [-0.05, 0) is 0 Å². The first-order chi connectivity index (χ1) is 5.83. The van der Waals surface area contributed by atoms with E-state index in [0.717, 1.165) is 13.2 Å². The van der Waals surface area contributed by atoms with Crippen molar-refractivity contribution in [3.8, 4) is 0 Å². The van der Waals surface area contributed by atoms with Crippen molar-refractivity contribution < 1.29 is 48.3 Å². The Bertz CT molecular complexity index is 47.0. The van der Waals surface area contributed by atoms with E-state index in [2.05, 4.69) is 13.8 Å². The standard InChI is InChI=1S/2C4H9O.2Ti/c2*1-2-3-4-5;;/h2*2-4H2,1H3;;/q2*-1;2*+1. The minimum absolute atomic E-state index is 0.913. The zero-order valence-electron chi connectivity index (χ0n) is 8.06. The van der Waals surface area contributed by atoms with E-state index in [1.165, 1.54) is 25.7 Å². The summed E-state index contributed by atoms with van der Waals surface area (Å²) in [6.45, 7) is 6.13. The van der Waals surface area contributed by atoms with Gasteiger partial charge < -0.3 is 0 Å². The van der Waals surface area contributed by atoms with Gasteiger partial charge in [0.2, 0.25) is 0 Å². The summed E-state index contributed by atoms with van der Waals surface area (Å²) in [6.07, 6.45) is 4.84. The molecule has 2 nitrogen and oxygen atoms in total. The Kier molecular flexibility index (Phi) is 24.0. The molecule has 0 aliphatic carbocycles. The summed E-state index contributed by atoms with van der Waals surface area (Å²) >= 11 is 3.46. The van der Waals surface area contributed by atoms with Gasteiger partial charge in [-0.3, -0.25) is 0 Å². The molecular formula is C8H18O2Ti2. The second kappa shape index (κ2) is 18.2. The van der Waals surface area contributed by atoms with Gasteiger partial charge in [-0.25, -0.2) is 0 Å². The molecule has 0 bridgehead atoms. The van der Waals surface area contributed by atoms with Crippen molar-refractivity contribution in [2.45, 2.75) is 39.5 Å². The molecule has 70 valence electrons. The minimum atomic E-state index is 0.913. The van der Waals surface area contributed by atoms with E-state index in [1.54, 1.807) is 41.6 Å². The molecule has 0 unspecified atom stereocenters. The summed E-state index contributed by atoms with van der Waals surface area (Å²) in [6, 6.07) is 0. The van der Waals surface area contributed by atoms with Crippen LogP contribution in [0, 0.1) is 0 Å². The molecule has 0 fully saturated rings. The van der Waals surface area contributed by atoms with Gasteiger partial charge in [0, 0.05) is 0 Å². The number of hydrogen-bond acceptors (Lipinski definition) is 2. The summed E-state index contributed by atoms with van der Waals surface area (Å²) in [4.78, 5) is 0. The van der Waals surface area contributed by atoms with Crippen molar-refractivity contribution in [1.29, 1.82) is 0 Å². The first-order valence-corrected chi connectivity index (χ1v) is 5.67. The van der Waals surface area contributed by atoms with Crippen molar-refractivity contribution in [2.75, 3.05) is 13.2 Å². The average Bonchev–Trinajstić information content (AvgIpc) is 2.12. The molecular weight excluding hydrogens is 224 g/mol. The van der Waals surface area contributed by atoms with Crippen LogP contribution in [0.5, 0.6) is 0 Å². The Morgan fingerprint density at radius 2 is 1.17 bits per heavy atom. The van der Waals surface area contributed by atoms with Gasteiger partial charge in [-0.15, -0.1) is 0 Å². The number of rotatable bonds is 6. The summed E-state index contributed by atoms with van der Waals surface area (Å²) in [5.41, 5.74) is 0. The SMILES string of the molecule is CCCC[O][Ti].CCCC[O][Ti]. The molecule has 0 aliphatic heterocycles. The van der Waals surface area contributed by atoms with E-state index >= 15 is 0 Å². The first-order valence-electron chi connectivity index (χ1n) is 4.40. The zero-order valence-corrected chi connectivity index (χ0v) is 11.2. The van der Waals surface area contributed by atoms with Crippen molar-refractivity contribution in [2.24, 2.45) is 0 Å². The zero-order chi connectivity index (χ0) is 9.66. The molecule has 0 aromatic carbocycles. The molecule has 0 saturated heterocycles. The third-order valence-corrected chi connectivity index (χ3v) is 1.84. The van der Waals surface area contributed by atoms with Gasteiger partial charge in [-0.1, -0.05) is 0 Å². The van der Waals surface area contributed by atoms with Crippen LogP contribution < -0.4 is 0 Å². The van der Waals surface area contributed by atoms with E-state index in [4.69, 9.17) is 6.64 Å². The maximum atomic E-state index is 4.78. The van der Waals surface area contributed by atoms with Crippen molar-refractivity contribution >= 4 is 0 Å². The summed E-state index contributed by atoms with van der Waals surface area (Å²) in [5.74, 6) is 0. The van der Waals surface area contributed by atoms with E-state index in [-0.39, 0.29) is 0 Å². The Morgan fingerprint density at radius 3 is 1.25 bits per heavy atom. The molecule has 0 aromatic rings. The molecule has 0 N–H and O–H groups in total. The fraction of sp³-hybridized carbons (Fsp3) is 1.00. The van der Waals surface area contributed by atoms with Crippen LogP contribution in [0.1, 0.15) is 39.5 Å². The van der Waals surface area contributed by atoms with Crippen LogP contribution in [-0.2, 0) is 48.3 Å². The second-order valence-electron chi connectivity index (χ2n) is 2.40. The van der Waals surface area contributed by atoms with Crippen molar-refractivity contribution in [3.63, 3.8) is 0 Å². The predicted octanol–water partition coefficient (Wildman–Crippen LogP) is 2.53. The molecule has 0 aromatic heterocycles. The van der Waals surface area contributed by atoms with Gasteiger partial charge in [0.05, 0.1) is 0 Å². The van der Waals surface area contributed by atoms with Gasteiger partial charge >= 0.3 is 101 Å². The Balaban J connectivity index is 0. The first kappa shape index (κ1) is 15.8. The van der Waals surface area contributed by atoms with E-state index in [9.17, 15) is 0 Å². The molecule has 0 spiro atoms. The topological polar surface area (TPSA) is 18.5 Å². The van der Waals surface area contributed by atoms with Crippen LogP contribution in [0.2, 0.25) is 0 Å². The Hall–Kier alpha value is 1.35. The van der Waals surface area contributed by atoms with Crippen molar-refractivity contribution in [1.82, 2.24) is 0 Å². The van der Waals surface area contributed by atoms with Crippen LogP contribution in [0.15, 0.2) is 0 Å². The fourth-order valence-electron chi connectivity index (χ4n) is 0.433. The van der Waals surface area contributed by atoms with Crippen LogP contribution >= 0.6 is 0 Å². The predicted molar refractivity (Wildman–Crippen MR) is 41.7 cm³/mol. The molecule has 12 heavy (non-hydrogen) atoms. The summed E-state index contributed by atoms with van der Waals surface area (Å²) in [7, 11) is 0. The van der Waals surface area contributed by atoms with Crippen LogP contribution in [0.4, 0.5) is 0 Å². The van der Waals surface area contributed by atoms with Gasteiger partial charge in [0.15, 0.2) is 0 Å². The number of unbranched alkanes of at least 4 members (excludes halogenated alkanes) is 2. The monoisotopic (exact) mass is 242 g/mol. The average molecular weight is 242 g/mol. The molecule has 0 heterocycles. The fourth-order valence-corrected chi connectivity index (χ4v) is 0.884. The third-order valence-electron chi connectivity index (χ3n) is 1.20. The van der Waals surface area contributed by atoms with Crippen molar-refractivity contribution in [3.05, 3.63) is 0 Å². The van der Waals surface area contributed by atoms with E-state index < -0.39 is 0 Å². The van der Waals surface area contributed by atoms with Crippen LogP contribution in [0.25, 0.3) is 0 Å². The van der Waals surface area contributed by atoms with E-state index in [0.29, 0.717) is 0 Å². The molecule has 0 saturated carbocycles. The maximum absolute atomic E-state index is 4.78. The Labute approximate surface area is 101 Å². The summed E-state index contributed by atoms with van der Waals surface area (Å²) < 4.78 is 9.56.